The maximum atomic E-state index is 4.88. The Balaban J connectivity index is 1.23. The zero-order valence-corrected chi connectivity index (χ0v) is 26.8. The molecule has 0 aliphatic heterocycles. The third-order valence-electron chi connectivity index (χ3n) is 9.18. The minimum absolute atomic E-state index is 0.955. The molecule has 0 N–H and O–H groups in total. The molecule has 2 heterocycles. The Hall–Kier alpha value is -6.65. The van der Waals surface area contributed by atoms with Crippen LogP contribution >= 0.6 is 0 Å². The van der Waals surface area contributed by atoms with Crippen LogP contribution in [0, 0.1) is 0 Å². The second-order valence-corrected chi connectivity index (χ2v) is 12.1. The van der Waals surface area contributed by atoms with Crippen molar-refractivity contribution < 1.29 is 0 Å². The van der Waals surface area contributed by atoms with Crippen LogP contribution in [0.5, 0.6) is 0 Å². The van der Waals surface area contributed by atoms with E-state index in [-0.39, 0.29) is 0 Å². The van der Waals surface area contributed by atoms with E-state index in [0.29, 0.717) is 0 Å². The summed E-state index contributed by atoms with van der Waals surface area (Å²) in [6.07, 6.45) is 1.88. The number of aromatic nitrogens is 2. The normalized spacial score (nSPS) is 11.3. The molecule has 0 radical (unpaired) electrons. The van der Waals surface area contributed by atoms with Crippen molar-refractivity contribution in [3.05, 3.63) is 194 Å². The smallest absolute Gasteiger partial charge is 0.0942 e. The largest absolute Gasteiger partial charge is 0.311 e. The van der Waals surface area contributed by atoms with Gasteiger partial charge in [-0.2, -0.15) is 0 Å². The van der Waals surface area contributed by atoms with Crippen LogP contribution in [0.25, 0.3) is 38.4 Å². The summed E-state index contributed by atoms with van der Waals surface area (Å²) in [5, 5.41) is 3.52. The highest BCUT2D eigenvalue weighted by Crippen LogP contribution is 2.43. The lowest BCUT2D eigenvalue weighted by molar-refractivity contribution is 1.18. The first-order valence-electron chi connectivity index (χ1n) is 16.6. The fraction of sp³-hybridized carbons (Fsp3) is 0. The van der Waals surface area contributed by atoms with Gasteiger partial charge in [-0.15, -0.1) is 0 Å². The van der Waals surface area contributed by atoms with Gasteiger partial charge in [0.2, 0.25) is 0 Å². The summed E-state index contributed by atoms with van der Waals surface area (Å²) < 4.78 is 2.36. The molecule has 232 valence electrons. The molecule has 0 spiro atoms. The van der Waals surface area contributed by atoms with E-state index in [9.17, 15) is 0 Å². The van der Waals surface area contributed by atoms with Gasteiger partial charge in [0.25, 0.3) is 0 Å². The molecule has 0 fully saturated rings. The van der Waals surface area contributed by atoms with Gasteiger partial charge in [0.1, 0.15) is 0 Å². The van der Waals surface area contributed by atoms with Gasteiger partial charge in [-0.25, -0.2) is 0 Å². The molecule has 4 nitrogen and oxygen atoms in total. The van der Waals surface area contributed by atoms with Crippen LogP contribution in [0.4, 0.5) is 34.1 Å². The Morgan fingerprint density at radius 3 is 1.65 bits per heavy atom. The van der Waals surface area contributed by atoms with Crippen LogP contribution < -0.4 is 9.80 Å². The maximum absolute atomic E-state index is 4.88. The van der Waals surface area contributed by atoms with Gasteiger partial charge < -0.3 is 14.4 Å². The molecule has 0 aliphatic carbocycles. The van der Waals surface area contributed by atoms with E-state index < -0.39 is 0 Å². The van der Waals surface area contributed by atoms with E-state index in [1.165, 1.54) is 21.8 Å². The van der Waals surface area contributed by atoms with Crippen LogP contribution in [-0.4, -0.2) is 9.55 Å². The molecule has 0 saturated carbocycles. The Bertz CT molecular complexity index is 2500. The third kappa shape index (κ3) is 5.07. The number of pyridine rings is 1. The summed E-state index contributed by atoms with van der Waals surface area (Å²) in [4.78, 5) is 9.51. The Kier molecular flexibility index (Phi) is 7.10. The van der Waals surface area contributed by atoms with Crippen LogP contribution in [0.1, 0.15) is 0 Å². The molecular weight excluding hydrogens is 597 g/mol. The average molecular weight is 629 g/mol. The highest BCUT2D eigenvalue weighted by atomic mass is 15.2. The highest BCUT2D eigenvalue weighted by Gasteiger charge is 2.20. The van der Waals surface area contributed by atoms with Crippen molar-refractivity contribution in [3.63, 3.8) is 0 Å². The number of para-hydroxylation sites is 5. The average Bonchev–Trinajstić information content (AvgIpc) is 3.51. The highest BCUT2D eigenvalue weighted by molar-refractivity contribution is 6.11. The summed E-state index contributed by atoms with van der Waals surface area (Å²) in [6.45, 7) is 0. The molecule has 4 heteroatoms. The number of benzene rings is 7. The molecule has 0 bridgehead atoms. The fourth-order valence-electron chi connectivity index (χ4n) is 7.00. The van der Waals surface area contributed by atoms with Crippen molar-refractivity contribution >= 4 is 66.8 Å². The minimum atomic E-state index is 0.955. The van der Waals surface area contributed by atoms with Crippen molar-refractivity contribution in [2.45, 2.75) is 0 Å². The fourth-order valence-corrected chi connectivity index (χ4v) is 7.00. The minimum Gasteiger partial charge on any atom is -0.311 e. The first-order chi connectivity index (χ1) is 24.3. The number of nitrogens with zero attached hydrogens (tertiary/aromatic N) is 4. The van der Waals surface area contributed by atoms with Crippen molar-refractivity contribution in [2.24, 2.45) is 0 Å². The molecule has 9 rings (SSSR count). The van der Waals surface area contributed by atoms with Gasteiger partial charge in [-0.1, -0.05) is 91.0 Å². The van der Waals surface area contributed by atoms with Crippen molar-refractivity contribution in [1.82, 2.24) is 9.55 Å². The van der Waals surface area contributed by atoms with Crippen LogP contribution in [0.2, 0.25) is 0 Å². The third-order valence-corrected chi connectivity index (χ3v) is 9.18. The van der Waals surface area contributed by atoms with Gasteiger partial charge >= 0.3 is 0 Å². The zero-order valence-electron chi connectivity index (χ0n) is 26.8. The van der Waals surface area contributed by atoms with Gasteiger partial charge in [0.15, 0.2) is 0 Å². The number of fused-ring (bicyclic) bond motifs is 4. The van der Waals surface area contributed by atoms with Crippen LogP contribution in [0.15, 0.2) is 194 Å². The topological polar surface area (TPSA) is 24.3 Å². The molecule has 49 heavy (non-hydrogen) atoms. The first-order valence-corrected chi connectivity index (χ1v) is 16.6. The lowest BCUT2D eigenvalue weighted by Gasteiger charge is -2.29. The number of anilines is 6. The van der Waals surface area contributed by atoms with Gasteiger partial charge in [0, 0.05) is 56.5 Å². The Morgan fingerprint density at radius 1 is 0.388 bits per heavy atom. The predicted molar refractivity (Wildman–Crippen MR) is 205 cm³/mol. The van der Waals surface area contributed by atoms with E-state index in [2.05, 4.69) is 196 Å². The molecule has 7 aromatic carbocycles. The van der Waals surface area contributed by atoms with E-state index in [4.69, 9.17) is 4.98 Å². The van der Waals surface area contributed by atoms with Crippen LogP contribution in [0.3, 0.4) is 0 Å². The molecule has 0 saturated heterocycles. The van der Waals surface area contributed by atoms with Crippen molar-refractivity contribution in [3.8, 4) is 5.69 Å². The SMILES string of the molecule is c1ccc(N(c2ccccc2)c2ccc(N(c3ccc4c(c3)c3ccccc3n4-c3ccccc3)c3cccc4cccnc34)cc2)cc1. The molecule has 0 amide bonds. The molecular formula is C45H32N4. The second kappa shape index (κ2) is 12.2. The van der Waals surface area contributed by atoms with E-state index in [1.54, 1.807) is 0 Å². The summed E-state index contributed by atoms with van der Waals surface area (Å²) in [5.41, 5.74) is 10.9. The summed E-state index contributed by atoms with van der Waals surface area (Å²) in [6, 6.07) is 66.5. The van der Waals surface area contributed by atoms with Gasteiger partial charge in [-0.05, 0) is 97.1 Å². The van der Waals surface area contributed by atoms with Gasteiger partial charge in [-0.3, -0.25) is 4.98 Å². The lowest BCUT2D eigenvalue weighted by atomic mass is 10.1. The van der Waals surface area contributed by atoms with E-state index >= 15 is 0 Å². The maximum Gasteiger partial charge on any atom is 0.0942 e. The first kappa shape index (κ1) is 28.6. The predicted octanol–water partition coefficient (Wildman–Crippen LogP) is 12.3. The molecule has 0 unspecified atom stereocenters. The zero-order chi connectivity index (χ0) is 32.6. The number of rotatable bonds is 7. The molecule has 9 aromatic rings. The quantitative estimate of drug-likeness (QED) is 0.175. The van der Waals surface area contributed by atoms with Crippen molar-refractivity contribution in [2.75, 3.05) is 9.80 Å². The van der Waals surface area contributed by atoms with E-state index in [0.717, 1.165) is 50.7 Å². The lowest BCUT2D eigenvalue weighted by Crippen LogP contribution is -2.12. The Morgan fingerprint density at radius 2 is 0.939 bits per heavy atom. The molecule has 0 atom stereocenters. The second-order valence-electron chi connectivity index (χ2n) is 12.1. The van der Waals surface area contributed by atoms with Crippen LogP contribution in [-0.2, 0) is 0 Å². The van der Waals surface area contributed by atoms with Gasteiger partial charge in [0.05, 0.1) is 22.2 Å². The monoisotopic (exact) mass is 628 g/mol. The summed E-state index contributed by atoms with van der Waals surface area (Å²) in [5.74, 6) is 0. The summed E-state index contributed by atoms with van der Waals surface area (Å²) >= 11 is 0. The molecule has 2 aromatic heterocycles. The standard InChI is InChI=1S/C45H32N4/c1-4-16-34(17-5-1)47(35-18-6-2-7-19-35)37-25-27-38(28-26-37)48(44-24-12-14-33-15-13-31-46-45(33)44)39-29-30-43-41(32-39)40-22-10-11-23-42(40)49(43)36-20-8-3-9-21-36/h1-32H. The Labute approximate surface area is 285 Å². The summed E-state index contributed by atoms with van der Waals surface area (Å²) in [7, 11) is 0. The van der Waals surface area contributed by atoms with Crippen molar-refractivity contribution in [1.29, 1.82) is 0 Å². The molecule has 0 aliphatic rings. The number of hydrogen-bond acceptors (Lipinski definition) is 3. The van der Waals surface area contributed by atoms with E-state index in [1.807, 2.05) is 12.3 Å². The number of hydrogen-bond donors (Lipinski definition) is 0.